The summed E-state index contributed by atoms with van der Waals surface area (Å²) < 4.78 is 0. The van der Waals surface area contributed by atoms with Gasteiger partial charge in [0.1, 0.15) is 0 Å². The van der Waals surface area contributed by atoms with Gasteiger partial charge in [0.2, 0.25) is 0 Å². The summed E-state index contributed by atoms with van der Waals surface area (Å²) in [5, 5.41) is 8.91. The Morgan fingerprint density at radius 1 is 1.10 bits per heavy atom. The molecule has 4 nitrogen and oxygen atoms in total. The fourth-order valence-electron chi connectivity index (χ4n) is 2.61. The number of ketones is 1. The fraction of sp³-hybridized carbons (Fsp3) is 0.176. The van der Waals surface area contributed by atoms with Crippen molar-refractivity contribution in [3.05, 3.63) is 65.2 Å². The lowest BCUT2D eigenvalue weighted by Gasteiger charge is -2.30. The highest BCUT2D eigenvalue weighted by Crippen LogP contribution is 2.28. The zero-order valence-corrected chi connectivity index (χ0v) is 11.5. The van der Waals surface area contributed by atoms with Gasteiger partial charge < -0.3 is 10.0 Å². The predicted octanol–water partition coefficient (Wildman–Crippen LogP) is 2.98. The summed E-state index contributed by atoms with van der Waals surface area (Å²) in [6.45, 7) is 1.36. The number of fused-ring (bicyclic) bond motifs is 1. The fourth-order valence-corrected chi connectivity index (χ4v) is 2.61. The largest absolute Gasteiger partial charge is 0.478 e. The molecule has 0 saturated heterocycles. The number of hydrogen-bond acceptors (Lipinski definition) is 3. The summed E-state index contributed by atoms with van der Waals surface area (Å²) in [6, 6.07) is 14.5. The standard InChI is InChI=1S/C17H15NO3/c19-16-9-10-18(15-4-2-1-3-14(15)16)11-12-5-7-13(8-6-12)17(20)21/h1-8H,9-11H2,(H,20,21). The zero-order chi connectivity index (χ0) is 14.8. The summed E-state index contributed by atoms with van der Waals surface area (Å²) >= 11 is 0. The number of para-hydroxylation sites is 1. The first kappa shape index (κ1) is 13.4. The molecule has 0 saturated carbocycles. The molecule has 0 bridgehead atoms. The SMILES string of the molecule is O=C(O)c1ccc(CN2CCC(=O)c3ccccc32)cc1. The molecule has 4 heteroatoms. The van der Waals surface area contributed by atoms with Crippen LogP contribution in [0, 0.1) is 0 Å². The molecule has 0 unspecified atom stereocenters. The van der Waals surface area contributed by atoms with Gasteiger partial charge in [0.15, 0.2) is 5.78 Å². The molecule has 0 spiro atoms. The summed E-state index contributed by atoms with van der Waals surface area (Å²) in [6.07, 6.45) is 0.518. The van der Waals surface area contributed by atoms with Gasteiger partial charge in [-0.1, -0.05) is 24.3 Å². The van der Waals surface area contributed by atoms with Gasteiger partial charge in [-0.15, -0.1) is 0 Å². The molecule has 0 fully saturated rings. The van der Waals surface area contributed by atoms with E-state index in [1.165, 1.54) is 0 Å². The maximum Gasteiger partial charge on any atom is 0.335 e. The second-order valence-corrected chi connectivity index (χ2v) is 5.11. The summed E-state index contributed by atoms with van der Waals surface area (Å²) in [5.74, 6) is -0.737. The third kappa shape index (κ3) is 2.65. The molecule has 1 aliphatic rings. The topological polar surface area (TPSA) is 57.6 Å². The normalized spacial score (nSPS) is 13.9. The third-order valence-corrected chi connectivity index (χ3v) is 3.73. The van der Waals surface area contributed by atoms with E-state index in [2.05, 4.69) is 4.90 Å². The highest BCUT2D eigenvalue weighted by molar-refractivity contribution is 6.03. The molecule has 0 aromatic heterocycles. The maximum absolute atomic E-state index is 11.9. The lowest BCUT2D eigenvalue weighted by atomic mass is 9.99. The quantitative estimate of drug-likeness (QED) is 0.939. The number of carboxylic acid groups (broad SMARTS) is 1. The minimum absolute atomic E-state index is 0.183. The second-order valence-electron chi connectivity index (χ2n) is 5.11. The lowest BCUT2D eigenvalue weighted by molar-refractivity contribution is 0.0696. The molecule has 0 atom stereocenters. The van der Waals surface area contributed by atoms with Crippen LogP contribution in [0.5, 0.6) is 0 Å². The van der Waals surface area contributed by atoms with Gasteiger partial charge in [0.25, 0.3) is 0 Å². The number of carboxylic acids is 1. The first-order chi connectivity index (χ1) is 10.1. The van der Waals surface area contributed by atoms with E-state index in [0.29, 0.717) is 19.5 Å². The average molecular weight is 281 g/mol. The van der Waals surface area contributed by atoms with Crippen LogP contribution < -0.4 is 4.90 Å². The van der Waals surface area contributed by atoms with E-state index in [1.807, 2.05) is 36.4 Å². The Morgan fingerprint density at radius 3 is 2.52 bits per heavy atom. The van der Waals surface area contributed by atoms with Gasteiger partial charge in [-0.3, -0.25) is 4.79 Å². The number of Topliss-reactive ketones (excluding diaryl/α,β-unsaturated/α-hetero) is 1. The van der Waals surface area contributed by atoms with Gasteiger partial charge in [-0.05, 0) is 29.8 Å². The Labute approximate surface area is 122 Å². The van der Waals surface area contributed by atoms with Crippen LogP contribution >= 0.6 is 0 Å². The van der Waals surface area contributed by atoms with E-state index < -0.39 is 5.97 Å². The molecule has 1 heterocycles. The smallest absolute Gasteiger partial charge is 0.335 e. The van der Waals surface area contributed by atoms with Gasteiger partial charge in [0, 0.05) is 30.8 Å². The van der Waals surface area contributed by atoms with Crippen molar-refractivity contribution in [1.29, 1.82) is 0 Å². The Morgan fingerprint density at radius 2 is 1.81 bits per heavy atom. The van der Waals surface area contributed by atoms with Crippen molar-refractivity contribution < 1.29 is 14.7 Å². The van der Waals surface area contributed by atoms with Gasteiger partial charge in [0.05, 0.1) is 5.56 Å². The number of hydrogen-bond donors (Lipinski definition) is 1. The van der Waals surface area contributed by atoms with E-state index in [0.717, 1.165) is 16.8 Å². The number of anilines is 1. The van der Waals surface area contributed by atoms with Crippen LogP contribution in [0.15, 0.2) is 48.5 Å². The Balaban J connectivity index is 1.84. The van der Waals surface area contributed by atoms with Crippen LogP contribution in [0.4, 0.5) is 5.69 Å². The van der Waals surface area contributed by atoms with Crippen molar-refractivity contribution in [2.45, 2.75) is 13.0 Å². The average Bonchev–Trinajstić information content (AvgIpc) is 2.51. The van der Waals surface area contributed by atoms with E-state index in [1.54, 1.807) is 12.1 Å². The van der Waals surface area contributed by atoms with Crippen LogP contribution in [0.1, 0.15) is 32.7 Å². The molecule has 0 aliphatic carbocycles. The van der Waals surface area contributed by atoms with Crippen LogP contribution in [0.3, 0.4) is 0 Å². The second kappa shape index (κ2) is 5.40. The highest BCUT2D eigenvalue weighted by Gasteiger charge is 2.22. The molecule has 0 radical (unpaired) electrons. The molecule has 2 aromatic carbocycles. The molecule has 2 aromatic rings. The van der Waals surface area contributed by atoms with Crippen molar-refractivity contribution >= 4 is 17.4 Å². The first-order valence-corrected chi connectivity index (χ1v) is 6.84. The lowest BCUT2D eigenvalue weighted by Crippen LogP contribution is -2.31. The molecule has 21 heavy (non-hydrogen) atoms. The summed E-state index contributed by atoms with van der Waals surface area (Å²) in [4.78, 5) is 24.9. The number of rotatable bonds is 3. The first-order valence-electron chi connectivity index (χ1n) is 6.84. The van der Waals surface area contributed by atoms with Crippen LogP contribution in [-0.2, 0) is 6.54 Å². The Kier molecular flexibility index (Phi) is 3.44. The van der Waals surface area contributed by atoms with Crippen molar-refractivity contribution in [2.24, 2.45) is 0 Å². The number of carbonyl (C=O) groups excluding carboxylic acids is 1. The zero-order valence-electron chi connectivity index (χ0n) is 11.5. The number of benzene rings is 2. The van der Waals surface area contributed by atoms with Crippen molar-refractivity contribution in [1.82, 2.24) is 0 Å². The van der Waals surface area contributed by atoms with E-state index in [9.17, 15) is 9.59 Å². The molecule has 1 aliphatic heterocycles. The van der Waals surface area contributed by atoms with Crippen LogP contribution in [0.25, 0.3) is 0 Å². The maximum atomic E-state index is 11.9. The van der Waals surface area contributed by atoms with Crippen molar-refractivity contribution in [3.63, 3.8) is 0 Å². The van der Waals surface area contributed by atoms with E-state index in [-0.39, 0.29) is 11.3 Å². The van der Waals surface area contributed by atoms with Gasteiger partial charge in [-0.2, -0.15) is 0 Å². The van der Waals surface area contributed by atoms with Gasteiger partial charge >= 0.3 is 5.97 Å². The van der Waals surface area contributed by atoms with Crippen molar-refractivity contribution in [2.75, 3.05) is 11.4 Å². The summed E-state index contributed by atoms with van der Waals surface area (Å²) in [5.41, 5.74) is 3.04. The van der Waals surface area contributed by atoms with Crippen molar-refractivity contribution in [3.8, 4) is 0 Å². The molecule has 1 N–H and O–H groups in total. The summed E-state index contributed by atoms with van der Waals surface area (Å²) in [7, 11) is 0. The Bertz CT molecular complexity index is 691. The molecule has 0 amide bonds. The minimum Gasteiger partial charge on any atom is -0.478 e. The number of carbonyl (C=O) groups is 2. The highest BCUT2D eigenvalue weighted by atomic mass is 16.4. The molecule has 3 rings (SSSR count). The monoisotopic (exact) mass is 281 g/mol. The van der Waals surface area contributed by atoms with Crippen LogP contribution in [0.2, 0.25) is 0 Å². The van der Waals surface area contributed by atoms with E-state index in [4.69, 9.17) is 5.11 Å². The van der Waals surface area contributed by atoms with Gasteiger partial charge in [-0.25, -0.2) is 4.79 Å². The number of aromatic carboxylic acids is 1. The molecule has 106 valence electrons. The Hall–Kier alpha value is -2.62. The minimum atomic E-state index is -0.921. The van der Waals surface area contributed by atoms with Crippen LogP contribution in [-0.4, -0.2) is 23.4 Å². The molecular weight excluding hydrogens is 266 g/mol. The number of nitrogens with zero attached hydrogens (tertiary/aromatic N) is 1. The van der Waals surface area contributed by atoms with E-state index >= 15 is 0 Å². The third-order valence-electron chi connectivity index (χ3n) is 3.73. The predicted molar refractivity (Wildman–Crippen MR) is 79.8 cm³/mol. The molecular formula is C17H15NO3.